The van der Waals surface area contributed by atoms with Crippen molar-refractivity contribution in [2.75, 3.05) is 6.61 Å². The molecule has 0 aromatic carbocycles. The van der Waals surface area contributed by atoms with Gasteiger partial charge < -0.3 is 4.74 Å². The van der Waals surface area contributed by atoms with Crippen LogP contribution < -0.4 is 5.56 Å². The second kappa shape index (κ2) is 7.92. The molecule has 0 saturated heterocycles. The number of hydrogen-bond donors (Lipinski definition) is 0. The summed E-state index contributed by atoms with van der Waals surface area (Å²) in [4.78, 5) is 20.1. The third-order valence-corrected chi connectivity index (χ3v) is 5.63. The Morgan fingerprint density at radius 1 is 1.29 bits per heavy atom. The molecule has 3 rings (SSSR count). The number of hydrogen-bond acceptors (Lipinski definition) is 5. The highest BCUT2D eigenvalue weighted by molar-refractivity contribution is 7.18. The Kier molecular flexibility index (Phi) is 5.66. The molecule has 2 aromatic heterocycles. The quantitative estimate of drug-likeness (QED) is 0.434. The van der Waals surface area contributed by atoms with E-state index in [0.29, 0.717) is 6.61 Å². The molecule has 130 valence electrons. The molecule has 6 heteroatoms. The normalized spacial score (nSPS) is 14.4. The first-order chi connectivity index (χ1) is 11.8. The van der Waals surface area contributed by atoms with Crippen molar-refractivity contribution in [3.8, 4) is 0 Å². The van der Waals surface area contributed by atoms with Gasteiger partial charge in [0, 0.05) is 11.3 Å². The first kappa shape index (κ1) is 17.1. The highest BCUT2D eigenvalue weighted by atomic mass is 32.1. The summed E-state index contributed by atoms with van der Waals surface area (Å²) in [6, 6.07) is 0. The molecule has 0 fully saturated rings. The maximum Gasteiger partial charge on any atom is 0.283 e. The van der Waals surface area contributed by atoms with Crippen molar-refractivity contribution in [2.24, 2.45) is 5.10 Å². The second-order valence-corrected chi connectivity index (χ2v) is 7.25. The standard InChI is InChI=1S/C18H25N3O2S/c1-3-5-6-11-15-20-17-16(13-9-7-8-10-14(13)24-17)18(22)21(15)19-12-23-4-2/h12H,3-11H2,1-2H3/b19-12+. The molecule has 0 bridgehead atoms. The minimum absolute atomic E-state index is 0.0400. The molecule has 24 heavy (non-hydrogen) atoms. The van der Waals surface area contributed by atoms with E-state index in [2.05, 4.69) is 12.0 Å². The molecule has 2 aromatic rings. The molecule has 2 heterocycles. The minimum atomic E-state index is -0.0400. The fourth-order valence-electron chi connectivity index (χ4n) is 3.21. The number of ether oxygens (including phenoxy) is 1. The number of unbranched alkanes of at least 4 members (excludes halogenated alkanes) is 2. The molecule has 0 aliphatic heterocycles. The van der Waals surface area contributed by atoms with Gasteiger partial charge >= 0.3 is 0 Å². The number of aromatic nitrogens is 2. The van der Waals surface area contributed by atoms with Gasteiger partial charge in [0.1, 0.15) is 10.7 Å². The average Bonchev–Trinajstić information content (AvgIpc) is 2.96. The molecule has 0 N–H and O–H groups in total. The first-order valence-corrected chi connectivity index (χ1v) is 9.78. The number of rotatable bonds is 7. The molecule has 0 saturated carbocycles. The number of thiophene rings is 1. The SMILES string of the molecule is CCCCCc1nc2sc3c(c2c(=O)n1/N=C/OCC)CCCC3. The third kappa shape index (κ3) is 3.38. The molecule has 0 spiro atoms. The van der Waals surface area contributed by atoms with Crippen LogP contribution in [0.1, 0.15) is 62.2 Å². The van der Waals surface area contributed by atoms with Crippen LogP contribution in [0.15, 0.2) is 9.90 Å². The van der Waals surface area contributed by atoms with Crippen molar-refractivity contribution in [1.82, 2.24) is 9.66 Å². The molecule has 5 nitrogen and oxygen atoms in total. The zero-order valence-corrected chi connectivity index (χ0v) is 15.3. The van der Waals surface area contributed by atoms with Crippen LogP contribution in [0, 0.1) is 0 Å². The van der Waals surface area contributed by atoms with Crippen LogP contribution in [0.25, 0.3) is 10.2 Å². The zero-order chi connectivity index (χ0) is 16.9. The molecule has 1 aliphatic carbocycles. The predicted molar refractivity (Wildman–Crippen MR) is 99.3 cm³/mol. The van der Waals surface area contributed by atoms with Crippen LogP contribution in [0.2, 0.25) is 0 Å². The van der Waals surface area contributed by atoms with Gasteiger partial charge in [0.25, 0.3) is 5.56 Å². The van der Waals surface area contributed by atoms with E-state index in [1.54, 1.807) is 11.3 Å². The van der Waals surface area contributed by atoms with Crippen LogP contribution in [-0.2, 0) is 24.0 Å². The fourth-order valence-corrected chi connectivity index (χ4v) is 4.48. The first-order valence-electron chi connectivity index (χ1n) is 8.96. The summed E-state index contributed by atoms with van der Waals surface area (Å²) < 4.78 is 6.66. The van der Waals surface area contributed by atoms with E-state index in [1.165, 1.54) is 27.9 Å². The zero-order valence-electron chi connectivity index (χ0n) is 14.5. The Balaban J connectivity index is 2.09. The van der Waals surface area contributed by atoms with Crippen LogP contribution in [-0.4, -0.2) is 22.7 Å². The molecular formula is C18H25N3O2S. The van der Waals surface area contributed by atoms with Gasteiger partial charge in [0.15, 0.2) is 6.40 Å². The molecule has 0 radical (unpaired) electrons. The van der Waals surface area contributed by atoms with Gasteiger partial charge in [-0.15, -0.1) is 16.4 Å². The number of aryl methyl sites for hydroxylation is 3. The Morgan fingerprint density at radius 3 is 2.92 bits per heavy atom. The number of nitrogens with zero attached hydrogens (tertiary/aromatic N) is 3. The molecule has 1 aliphatic rings. The largest absolute Gasteiger partial charge is 0.482 e. The van der Waals surface area contributed by atoms with E-state index in [1.807, 2.05) is 6.92 Å². The highest BCUT2D eigenvalue weighted by Gasteiger charge is 2.21. The topological polar surface area (TPSA) is 56.5 Å². The summed E-state index contributed by atoms with van der Waals surface area (Å²) in [5, 5.41) is 5.03. The summed E-state index contributed by atoms with van der Waals surface area (Å²) >= 11 is 1.70. The summed E-state index contributed by atoms with van der Waals surface area (Å²) in [7, 11) is 0. The highest BCUT2D eigenvalue weighted by Crippen LogP contribution is 2.33. The predicted octanol–water partition coefficient (Wildman–Crippen LogP) is 3.90. The van der Waals surface area contributed by atoms with Crippen LogP contribution in [0.4, 0.5) is 0 Å². The second-order valence-electron chi connectivity index (χ2n) is 6.17. The Hall–Kier alpha value is -1.69. The van der Waals surface area contributed by atoms with Crippen molar-refractivity contribution in [3.05, 3.63) is 26.6 Å². The van der Waals surface area contributed by atoms with E-state index in [0.717, 1.165) is 61.0 Å². The summed E-state index contributed by atoms with van der Waals surface area (Å²) in [6.07, 6.45) is 9.83. The lowest BCUT2D eigenvalue weighted by Gasteiger charge is -2.11. The average molecular weight is 347 g/mol. The van der Waals surface area contributed by atoms with Crippen molar-refractivity contribution in [1.29, 1.82) is 0 Å². The van der Waals surface area contributed by atoms with Gasteiger partial charge in [-0.25, -0.2) is 4.98 Å². The van der Waals surface area contributed by atoms with E-state index in [-0.39, 0.29) is 5.56 Å². The fraction of sp³-hybridized carbons (Fsp3) is 0.611. The van der Waals surface area contributed by atoms with E-state index < -0.39 is 0 Å². The lowest BCUT2D eigenvalue weighted by atomic mass is 9.97. The Labute approximate surface area is 146 Å². The molecule has 0 unspecified atom stereocenters. The lowest BCUT2D eigenvalue weighted by Crippen LogP contribution is -2.23. The van der Waals surface area contributed by atoms with Gasteiger partial charge in [-0.3, -0.25) is 4.79 Å². The van der Waals surface area contributed by atoms with Gasteiger partial charge in [0.05, 0.1) is 12.0 Å². The molecular weight excluding hydrogens is 322 g/mol. The van der Waals surface area contributed by atoms with Gasteiger partial charge in [-0.1, -0.05) is 19.8 Å². The Bertz CT molecular complexity index is 792. The van der Waals surface area contributed by atoms with Crippen LogP contribution in [0.3, 0.4) is 0 Å². The smallest absolute Gasteiger partial charge is 0.283 e. The molecule has 0 atom stereocenters. The third-order valence-electron chi connectivity index (χ3n) is 4.44. The maximum atomic E-state index is 13.1. The van der Waals surface area contributed by atoms with Crippen LogP contribution >= 0.6 is 11.3 Å². The summed E-state index contributed by atoms with van der Waals surface area (Å²) in [5.74, 6) is 0.746. The van der Waals surface area contributed by atoms with Crippen molar-refractivity contribution >= 4 is 28.0 Å². The van der Waals surface area contributed by atoms with Gasteiger partial charge in [0.2, 0.25) is 0 Å². The van der Waals surface area contributed by atoms with E-state index in [4.69, 9.17) is 9.72 Å². The Morgan fingerprint density at radius 2 is 2.12 bits per heavy atom. The summed E-state index contributed by atoms with van der Waals surface area (Å²) in [5.41, 5.74) is 1.17. The molecule has 0 amide bonds. The van der Waals surface area contributed by atoms with Gasteiger partial charge in [-0.05, 0) is 44.6 Å². The van der Waals surface area contributed by atoms with E-state index in [9.17, 15) is 4.79 Å². The monoisotopic (exact) mass is 347 g/mol. The van der Waals surface area contributed by atoms with E-state index >= 15 is 0 Å². The summed E-state index contributed by atoms with van der Waals surface area (Å²) in [6.45, 7) is 4.60. The van der Waals surface area contributed by atoms with Crippen molar-refractivity contribution in [2.45, 2.75) is 65.2 Å². The maximum absolute atomic E-state index is 13.1. The minimum Gasteiger partial charge on any atom is -0.482 e. The van der Waals surface area contributed by atoms with Crippen LogP contribution in [0.5, 0.6) is 0 Å². The van der Waals surface area contributed by atoms with Crippen molar-refractivity contribution in [3.63, 3.8) is 0 Å². The van der Waals surface area contributed by atoms with Gasteiger partial charge in [-0.2, -0.15) is 4.68 Å². The van der Waals surface area contributed by atoms with Crippen molar-refractivity contribution < 1.29 is 4.74 Å². The lowest BCUT2D eigenvalue weighted by molar-refractivity contribution is 0.340. The number of fused-ring (bicyclic) bond motifs is 3.